The number of hydrogen-bond donors (Lipinski definition) is 1. The van der Waals surface area contributed by atoms with E-state index in [0.29, 0.717) is 5.56 Å². The maximum atomic E-state index is 11.4. The zero-order valence-corrected chi connectivity index (χ0v) is 15.1. The van der Waals surface area contributed by atoms with Crippen molar-refractivity contribution >= 4 is 17.3 Å². The lowest BCUT2D eigenvalue weighted by molar-refractivity contribution is 0.0695. The Morgan fingerprint density at radius 1 is 0.833 bits per heavy atom. The van der Waals surface area contributed by atoms with E-state index in [9.17, 15) is 9.90 Å². The van der Waals surface area contributed by atoms with Crippen LogP contribution in [0.1, 0.15) is 32.6 Å². The molecule has 0 aliphatic carbocycles. The predicted molar refractivity (Wildman–Crippen MR) is 101 cm³/mol. The van der Waals surface area contributed by atoms with Gasteiger partial charge in [0.25, 0.3) is 0 Å². The molecular formula is C21H20O2S. The van der Waals surface area contributed by atoms with Crippen molar-refractivity contribution in [1.82, 2.24) is 0 Å². The minimum absolute atomic E-state index is 0.408. The lowest BCUT2D eigenvalue weighted by atomic mass is 9.98. The molecule has 0 spiro atoms. The van der Waals surface area contributed by atoms with Crippen LogP contribution in [0.5, 0.6) is 0 Å². The van der Waals surface area contributed by atoms with Gasteiger partial charge >= 0.3 is 5.97 Å². The molecule has 0 fully saturated rings. The number of carboxylic acids is 1. The van der Waals surface area contributed by atoms with E-state index in [-0.39, 0.29) is 0 Å². The highest BCUT2D eigenvalue weighted by atomic mass is 32.1. The lowest BCUT2D eigenvalue weighted by Gasteiger charge is -2.09. The number of carboxylic acid groups (broad SMARTS) is 1. The second-order valence-electron chi connectivity index (χ2n) is 6.22. The molecule has 0 radical (unpaired) electrons. The Morgan fingerprint density at radius 2 is 1.38 bits per heavy atom. The van der Waals surface area contributed by atoms with Gasteiger partial charge in [-0.3, -0.25) is 0 Å². The van der Waals surface area contributed by atoms with Gasteiger partial charge < -0.3 is 5.11 Å². The molecule has 3 heteroatoms. The summed E-state index contributed by atoms with van der Waals surface area (Å²) >= 11 is 1.75. The zero-order valence-electron chi connectivity index (χ0n) is 14.3. The molecule has 0 atom stereocenters. The van der Waals surface area contributed by atoms with Crippen molar-refractivity contribution in [3.05, 3.63) is 70.3 Å². The van der Waals surface area contributed by atoms with Crippen molar-refractivity contribution in [3.8, 4) is 20.9 Å². The van der Waals surface area contributed by atoms with Crippen molar-refractivity contribution in [2.24, 2.45) is 0 Å². The molecule has 0 saturated carbocycles. The van der Waals surface area contributed by atoms with Crippen molar-refractivity contribution in [2.75, 3.05) is 0 Å². The number of thiophene rings is 1. The molecule has 3 rings (SSSR count). The highest BCUT2D eigenvalue weighted by Gasteiger charge is 2.14. The fraction of sp³-hybridized carbons (Fsp3) is 0.190. The molecule has 3 aromatic rings. The average molecular weight is 336 g/mol. The first-order valence-electron chi connectivity index (χ1n) is 7.90. The first-order chi connectivity index (χ1) is 11.4. The van der Waals surface area contributed by atoms with E-state index in [1.165, 1.54) is 21.6 Å². The average Bonchev–Trinajstić information content (AvgIpc) is 2.95. The Bertz CT molecular complexity index is 892. The van der Waals surface area contributed by atoms with Gasteiger partial charge in [-0.15, -0.1) is 11.3 Å². The summed E-state index contributed by atoms with van der Waals surface area (Å²) in [5.41, 5.74) is 6.94. The molecule has 2 nitrogen and oxygen atoms in total. The quantitative estimate of drug-likeness (QED) is 0.635. The Balaban J connectivity index is 2.08. The number of rotatable bonds is 3. The topological polar surface area (TPSA) is 37.3 Å². The van der Waals surface area contributed by atoms with Gasteiger partial charge in [0.2, 0.25) is 0 Å². The van der Waals surface area contributed by atoms with Gasteiger partial charge in [0.1, 0.15) is 0 Å². The van der Waals surface area contributed by atoms with Crippen molar-refractivity contribution in [1.29, 1.82) is 0 Å². The molecule has 0 saturated heterocycles. The first kappa shape index (κ1) is 16.5. The normalized spacial score (nSPS) is 10.8. The highest BCUT2D eigenvalue weighted by molar-refractivity contribution is 7.18. The summed E-state index contributed by atoms with van der Waals surface area (Å²) in [6, 6.07) is 14.6. The number of aromatic carboxylic acids is 1. The molecule has 0 amide bonds. The van der Waals surface area contributed by atoms with Gasteiger partial charge in [0.05, 0.1) is 5.56 Å². The highest BCUT2D eigenvalue weighted by Crippen LogP contribution is 2.38. The van der Waals surface area contributed by atoms with Crippen molar-refractivity contribution in [3.63, 3.8) is 0 Å². The summed E-state index contributed by atoms with van der Waals surface area (Å²) in [4.78, 5) is 13.8. The maximum Gasteiger partial charge on any atom is 0.336 e. The van der Waals surface area contributed by atoms with Crippen LogP contribution in [0.2, 0.25) is 0 Å². The monoisotopic (exact) mass is 336 g/mol. The van der Waals surface area contributed by atoms with Crippen LogP contribution in [0, 0.1) is 27.7 Å². The smallest absolute Gasteiger partial charge is 0.336 e. The Kier molecular flexibility index (Phi) is 4.29. The second-order valence-corrected chi connectivity index (χ2v) is 7.30. The third-order valence-corrected chi connectivity index (χ3v) is 5.52. The first-order valence-corrected chi connectivity index (χ1v) is 8.71. The molecule has 0 aliphatic rings. The van der Waals surface area contributed by atoms with E-state index < -0.39 is 5.97 Å². The number of benzene rings is 2. The lowest BCUT2D eigenvalue weighted by Crippen LogP contribution is -2.03. The van der Waals surface area contributed by atoms with E-state index >= 15 is 0 Å². The van der Waals surface area contributed by atoms with Crippen LogP contribution in [-0.4, -0.2) is 11.1 Å². The van der Waals surface area contributed by atoms with E-state index in [1.54, 1.807) is 11.3 Å². The van der Waals surface area contributed by atoms with Gasteiger partial charge in [0, 0.05) is 9.75 Å². The van der Waals surface area contributed by atoms with Gasteiger partial charge in [-0.05, 0) is 85.3 Å². The minimum Gasteiger partial charge on any atom is -0.478 e. The SMILES string of the molecule is Cc1cc(-c2ccc(-c3c(C)cccc3C)s2)cc(C)c1C(=O)O. The fourth-order valence-corrected chi connectivity index (χ4v) is 4.44. The molecular weight excluding hydrogens is 316 g/mol. The van der Waals surface area contributed by atoms with Gasteiger partial charge in [0.15, 0.2) is 0 Å². The molecule has 1 N–H and O–H groups in total. The molecule has 1 aromatic heterocycles. The summed E-state index contributed by atoms with van der Waals surface area (Å²) in [7, 11) is 0. The third kappa shape index (κ3) is 2.87. The third-order valence-electron chi connectivity index (χ3n) is 4.36. The van der Waals surface area contributed by atoms with E-state index in [4.69, 9.17) is 0 Å². The number of hydrogen-bond acceptors (Lipinski definition) is 2. The van der Waals surface area contributed by atoms with E-state index in [2.05, 4.69) is 44.2 Å². The summed E-state index contributed by atoms with van der Waals surface area (Å²) in [5, 5.41) is 9.32. The summed E-state index contributed by atoms with van der Waals surface area (Å²) in [6.07, 6.45) is 0. The van der Waals surface area contributed by atoms with Gasteiger partial charge in [-0.1, -0.05) is 18.2 Å². The Hall–Kier alpha value is -2.39. The summed E-state index contributed by atoms with van der Waals surface area (Å²) in [5.74, 6) is -0.862. The van der Waals surface area contributed by atoms with Crippen LogP contribution >= 0.6 is 11.3 Å². The van der Waals surface area contributed by atoms with Crippen molar-refractivity contribution in [2.45, 2.75) is 27.7 Å². The minimum atomic E-state index is -0.862. The van der Waals surface area contributed by atoms with Crippen molar-refractivity contribution < 1.29 is 9.90 Å². The maximum absolute atomic E-state index is 11.4. The van der Waals surface area contributed by atoms with E-state index in [0.717, 1.165) is 21.6 Å². The largest absolute Gasteiger partial charge is 0.478 e. The number of aryl methyl sites for hydroxylation is 4. The van der Waals surface area contributed by atoms with Crippen LogP contribution in [0.25, 0.3) is 20.9 Å². The molecule has 0 aliphatic heterocycles. The summed E-state index contributed by atoms with van der Waals surface area (Å²) in [6.45, 7) is 8.00. The second kappa shape index (κ2) is 6.25. The van der Waals surface area contributed by atoms with Gasteiger partial charge in [-0.25, -0.2) is 4.79 Å². The number of carbonyl (C=O) groups is 1. The Morgan fingerprint density at radius 3 is 1.92 bits per heavy atom. The summed E-state index contributed by atoms with van der Waals surface area (Å²) < 4.78 is 0. The standard InChI is InChI=1S/C21H20O2S/c1-12-6-5-7-13(2)19(12)18-9-8-17(24-18)16-10-14(3)20(21(22)23)15(4)11-16/h5-11H,1-4H3,(H,22,23). The van der Waals surface area contributed by atoms with Crippen LogP contribution in [-0.2, 0) is 0 Å². The molecule has 24 heavy (non-hydrogen) atoms. The molecule has 2 aromatic carbocycles. The van der Waals surface area contributed by atoms with Crippen LogP contribution in [0.4, 0.5) is 0 Å². The van der Waals surface area contributed by atoms with Crippen LogP contribution in [0.3, 0.4) is 0 Å². The van der Waals surface area contributed by atoms with Crippen LogP contribution in [0.15, 0.2) is 42.5 Å². The fourth-order valence-electron chi connectivity index (χ4n) is 3.27. The van der Waals surface area contributed by atoms with Crippen LogP contribution < -0.4 is 0 Å². The van der Waals surface area contributed by atoms with Gasteiger partial charge in [-0.2, -0.15) is 0 Å². The molecule has 0 unspecified atom stereocenters. The molecule has 1 heterocycles. The predicted octanol–water partition coefficient (Wildman–Crippen LogP) is 6.01. The molecule has 0 bridgehead atoms. The zero-order chi connectivity index (χ0) is 17.4. The molecule has 122 valence electrons. The van der Waals surface area contributed by atoms with E-state index in [1.807, 2.05) is 26.0 Å². The Labute approximate surface area is 146 Å².